The number of hydrogen-bond acceptors (Lipinski definition) is 2. The predicted octanol–water partition coefficient (Wildman–Crippen LogP) is 2.29. The lowest BCUT2D eigenvalue weighted by Crippen LogP contribution is -2.16. The summed E-state index contributed by atoms with van der Waals surface area (Å²) in [5.41, 5.74) is 4.09. The fraction of sp³-hybridized carbons (Fsp3) is 0.727. The molecule has 0 saturated carbocycles. The van der Waals surface area contributed by atoms with E-state index in [2.05, 4.69) is 12.7 Å². The van der Waals surface area contributed by atoms with Gasteiger partial charge < -0.3 is 9.84 Å². The predicted molar refractivity (Wildman–Crippen MR) is 54.7 cm³/mol. The molecule has 0 unspecified atom stereocenters. The molecule has 1 atom stereocenters. The van der Waals surface area contributed by atoms with Gasteiger partial charge in [-0.15, -0.1) is 5.73 Å². The molecule has 0 bridgehead atoms. The Bertz CT molecular complexity index is 175. The molecule has 1 N–H and O–H groups in total. The third-order valence-electron chi connectivity index (χ3n) is 1.97. The normalized spacial score (nSPS) is 12.0. The molecule has 0 aromatic heterocycles. The Morgan fingerprint density at radius 1 is 1.62 bits per heavy atom. The second kappa shape index (κ2) is 8.06. The molecule has 0 aliphatic rings. The zero-order chi connectivity index (χ0) is 10.1. The molecule has 13 heavy (non-hydrogen) atoms. The van der Waals surface area contributed by atoms with E-state index >= 15 is 0 Å². The number of aliphatic hydroxyl groups excluding tert-OH is 1. The quantitative estimate of drug-likeness (QED) is 0.507. The summed E-state index contributed by atoms with van der Waals surface area (Å²) in [6, 6.07) is 0. The molecule has 0 fully saturated rings. The van der Waals surface area contributed by atoms with Gasteiger partial charge in [-0.05, 0) is 31.4 Å². The summed E-state index contributed by atoms with van der Waals surface area (Å²) in [6.07, 6.45) is 5.26. The van der Waals surface area contributed by atoms with Crippen molar-refractivity contribution in [3.63, 3.8) is 0 Å². The molecule has 76 valence electrons. The number of rotatable bonds is 6. The van der Waals surface area contributed by atoms with Gasteiger partial charge in [-0.2, -0.15) is 0 Å². The van der Waals surface area contributed by atoms with Crippen molar-refractivity contribution in [3.05, 3.63) is 17.4 Å². The molecular weight excluding hydrogens is 164 g/mol. The summed E-state index contributed by atoms with van der Waals surface area (Å²) in [4.78, 5) is 0. The van der Waals surface area contributed by atoms with E-state index in [1.54, 1.807) is 7.11 Å². The van der Waals surface area contributed by atoms with Crippen molar-refractivity contribution in [2.75, 3.05) is 13.7 Å². The molecule has 0 aromatic rings. The summed E-state index contributed by atoms with van der Waals surface area (Å²) in [5.74, 6) is 0. The van der Waals surface area contributed by atoms with Gasteiger partial charge in [0.15, 0.2) is 0 Å². The van der Waals surface area contributed by atoms with Crippen LogP contribution in [0, 0.1) is 0 Å². The monoisotopic (exact) mass is 184 g/mol. The molecule has 0 rings (SSSR count). The maximum Gasteiger partial charge on any atom is 0.108 e. The maximum atomic E-state index is 8.90. The van der Waals surface area contributed by atoms with E-state index in [1.807, 2.05) is 13.0 Å². The van der Waals surface area contributed by atoms with Crippen LogP contribution in [0.5, 0.6) is 0 Å². The average Bonchev–Trinajstić information content (AvgIpc) is 2.14. The van der Waals surface area contributed by atoms with Crippen molar-refractivity contribution in [2.45, 2.75) is 39.2 Å². The number of unbranched alkanes of at least 4 members (excludes halogenated alkanes) is 2. The van der Waals surface area contributed by atoms with Crippen LogP contribution < -0.4 is 0 Å². The summed E-state index contributed by atoms with van der Waals surface area (Å²) < 4.78 is 5.05. The highest BCUT2D eigenvalue weighted by molar-refractivity contribution is 5.04. The Morgan fingerprint density at radius 2 is 2.31 bits per heavy atom. The van der Waals surface area contributed by atoms with E-state index in [4.69, 9.17) is 9.84 Å². The first-order chi connectivity index (χ1) is 6.26. The number of methoxy groups -OCH3 is 1. The van der Waals surface area contributed by atoms with Crippen molar-refractivity contribution >= 4 is 0 Å². The lowest BCUT2D eigenvalue weighted by molar-refractivity contribution is 0.0742. The van der Waals surface area contributed by atoms with E-state index in [0.717, 1.165) is 12.0 Å². The summed E-state index contributed by atoms with van der Waals surface area (Å²) in [5, 5.41) is 8.90. The van der Waals surface area contributed by atoms with Crippen molar-refractivity contribution in [1.82, 2.24) is 0 Å². The van der Waals surface area contributed by atoms with E-state index in [1.165, 1.54) is 12.8 Å². The lowest BCUT2D eigenvalue weighted by atomic mass is 10.2. The van der Waals surface area contributed by atoms with Crippen LogP contribution in [-0.4, -0.2) is 24.9 Å². The Labute approximate surface area is 80.9 Å². The SMILES string of the molecule is CCCCC=C=C(C)[C@H](CO)OC. The Hall–Kier alpha value is -0.560. The highest BCUT2D eigenvalue weighted by atomic mass is 16.5. The van der Waals surface area contributed by atoms with Crippen LogP contribution >= 0.6 is 0 Å². The number of ether oxygens (including phenoxy) is 1. The fourth-order valence-electron chi connectivity index (χ4n) is 1.02. The van der Waals surface area contributed by atoms with Gasteiger partial charge in [0.2, 0.25) is 0 Å². The van der Waals surface area contributed by atoms with Crippen molar-refractivity contribution in [2.24, 2.45) is 0 Å². The topological polar surface area (TPSA) is 29.5 Å². The van der Waals surface area contributed by atoms with Gasteiger partial charge in [-0.25, -0.2) is 0 Å². The average molecular weight is 184 g/mol. The standard InChI is InChI=1S/C11H20O2/c1-4-5-6-7-8-10(2)11(9-12)13-3/h7,11-12H,4-6,9H2,1-3H3/t8?,11-/m0/s1. The zero-order valence-corrected chi connectivity index (χ0v) is 8.84. The van der Waals surface area contributed by atoms with Gasteiger partial charge >= 0.3 is 0 Å². The smallest absolute Gasteiger partial charge is 0.108 e. The van der Waals surface area contributed by atoms with Crippen LogP contribution in [0.4, 0.5) is 0 Å². The Balaban J connectivity index is 4.03. The van der Waals surface area contributed by atoms with Crippen molar-refractivity contribution < 1.29 is 9.84 Å². The van der Waals surface area contributed by atoms with Gasteiger partial charge in [-0.3, -0.25) is 0 Å². The minimum Gasteiger partial charge on any atom is -0.393 e. The third kappa shape index (κ3) is 5.64. The molecule has 0 amide bonds. The zero-order valence-electron chi connectivity index (χ0n) is 8.84. The molecule has 0 spiro atoms. The molecule has 2 nitrogen and oxygen atoms in total. The first-order valence-corrected chi connectivity index (χ1v) is 4.81. The minimum absolute atomic E-state index is 0.0248. The molecule has 0 heterocycles. The highest BCUT2D eigenvalue weighted by Crippen LogP contribution is 2.03. The van der Waals surface area contributed by atoms with Crippen LogP contribution in [0.2, 0.25) is 0 Å². The van der Waals surface area contributed by atoms with Crippen LogP contribution in [-0.2, 0) is 4.74 Å². The Morgan fingerprint density at radius 3 is 2.77 bits per heavy atom. The first kappa shape index (κ1) is 12.4. The molecule has 0 aliphatic carbocycles. The molecule has 2 heteroatoms. The van der Waals surface area contributed by atoms with Gasteiger partial charge in [-0.1, -0.05) is 13.3 Å². The molecule has 0 aliphatic heterocycles. The highest BCUT2D eigenvalue weighted by Gasteiger charge is 2.05. The van der Waals surface area contributed by atoms with Gasteiger partial charge in [0.25, 0.3) is 0 Å². The van der Waals surface area contributed by atoms with Gasteiger partial charge in [0, 0.05) is 7.11 Å². The molecule has 0 saturated heterocycles. The molecule has 0 radical (unpaired) electrons. The van der Waals surface area contributed by atoms with Crippen LogP contribution in [0.15, 0.2) is 17.4 Å². The first-order valence-electron chi connectivity index (χ1n) is 4.81. The Kier molecular flexibility index (Phi) is 7.71. The van der Waals surface area contributed by atoms with E-state index in [9.17, 15) is 0 Å². The molecular formula is C11H20O2. The minimum atomic E-state index is -0.196. The van der Waals surface area contributed by atoms with E-state index in [-0.39, 0.29) is 12.7 Å². The van der Waals surface area contributed by atoms with Crippen molar-refractivity contribution in [3.8, 4) is 0 Å². The maximum absolute atomic E-state index is 8.90. The van der Waals surface area contributed by atoms with E-state index in [0.29, 0.717) is 0 Å². The summed E-state index contributed by atoms with van der Waals surface area (Å²) in [7, 11) is 1.60. The van der Waals surface area contributed by atoms with Gasteiger partial charge in [0.1, 0.15) is 6.10 Å². The van der Waals surface area contributed by atoms with Crippen LogP contribution in [0.3, 0.4) is 0 Å². The molecule has 0 aromatic carbocycles. The van der Waals surface area contributed by atoms with Crippen LogP contribution in [0.1, 0.15) is 33.1 Å². The summed E-state index contributed by atoms with van der Waals surface area (Å²) in [6.45, 7) is 4.11. The number of aliphatic hydroxyl groups is 1. The van der Waals surface area contributed by atoms with Crippen molar-refractivity contribution in [1.29, 1.82) is 0 Å². The number of hydrogen-bond donors (Lipinski definition) is 1. The summed E-state index contributed by atoms with van der Waals surface area (Å²) >= 11 is 0. The van der Waals surface area contributed by atoms with Crippen LogP contribution in [0.25, 0.3) is 0 Å². The van der Waals surface area contributed by atoms with E-state index < -0.39 is 0 Å². The second-order valence-electron chi connectivity index (χ2n) is 3.08. The second-order valence-corrected chi connectivity index (χ2v) is 3.08. The lowest BCUT2D eigenvalue weighted by Gasteiger charge is -2.09. The fourth-order valence-corrected chi connectivity index (χ4v) is 1.02. The third-order valence-corrected chi connectivity index (χ3v) is 1.97. The largest absolute Gasteiger partial charge is 0.393 e. The van der Waals surface area contributed by atoms with Gasteiger partial charge in [0.05, 0.1) is 6.61 Å².